The lowest BCUT2D eigenvalue weighted by molar-refractivity contribution is -0.154. The second-order valence-electron chi connectivity index (χ2n) is 9.71. The molecule has 2 saturated heterocycles. The van der Waals surface area contributed by atoms with Gasteiger partial charge in [0, 0.05) is 13.1 Å². The van der Waals surface area contributed by atoms with Crippen LogP contribution in [0.25, 0.3) is 0 Å². The number of nitrogens with zero attached hydrogens (tertiary/aromatic N) is 2. The number of likely N-dealkylation sites (tertiary alicyclic amines) is 1. The fourth-order valence-corrected chi connectivity index (χ4v) is 5.38. The fourth-order valence-electron chi connectivity index (χ4n) is 5.38. The minimum absolute atomic E-state index is 0.0727. The molecule has 8 nitrogen and oxygen atoms in total. The highest BCUT2D eigenvalue weighted by atomic mass is 16.5. The minimum Gasteiger partial charge on any atom is -0.454 e. The van der Waals surface area contributed by atoms with E-state index in [1.54, 1.807) is 4.90 Å². The molecule has 0 aromatic rings. The summed E-state index contributed by atoms with van der Waals surface area (Å²) >= 11 is 0. The van der Waals surface area contributed by atoms with Crippen molar-refractivity contribution in [1.29, 1.82) is 0 Å². The van der Waals surface area contributed by atoms with Crippen molar-refractivity contribution in [2.45, 2.75) is 71.3 Å². The van der Waals surface area contributed by atoms with Gasteiger partial charge in [0.25, 0.3) is 11.8 Å². The molecule has 0 aromatic carbocycles. The number of rotatable bonds is 4. The minimum atomic E-state index is -0.944. The van der Waals surface area contributed by atoms with E-state index < -0.39 is 24.1 Å². The van der Waals surface area contributed by atoms with Gasteiger partial charge in [-0.1, -0.05) is 33.6 Å². The summed E-state index contributed by atoms with van der Waals surface area (Å²) in [6, 6.07) is -0.560. The molecule has 8 heteroatoms. The predicted molar refractivity (Wildman–Crippen MR) is 106 cm³/mol. The second-order valence-corrected chi connectivity index (χ2v) is 9.71. The number of hydrogen-bond donors (Lipinski definition) is 1. The topological polar surface area (TPSA) is 96.0 Å². The largest absolute Gasteiger partial charge is 0.454 e. The Kier molecular flexibility index (Phi) is 6.19. The van der Waals surface area contributed by atoms with E-state index in [1.165, 1.54) is 0 Å². The van der Waals surface area contributed by atoms with Gasteiger partial charge in [0.05, 0.1) is 0 Å². The van der Waals surface area contributed by atoms with Crippen molar-refractivity contribution in [2.75, 3.05) is 26.2 Å². The maximum atomic E-state index is 13.0. The van der Waals surface area contributed by atoms with E-state index in [0.717, 1.165) is 37.0 Å². The number of carbonyl (C=O) groups is 4. The summed E-state index contributed by atoms with van der Waals surface area (Å²) in [5.74, 6) is -1.03. The molecule has 1 N–H and O–H groups in total. The first-order chi connectivity index (χ1) is 13.6. The average Bonchev–Trinajstić information content (AvgIpc) is 2.83. The zero-order chi connectivity index (χ0) is 21.2. The lowest BCUT2D eigenvalue weighted by Gasteiger charge is -2.43. The van der Waals surface area contributed by atoms with Crippen LogP contribution in [0, 0.1) is 11.3 Å². The molecule has 4 amide bonds. The summed E-state index contributed by atoms with van der Waals surface area (Å²) in [6.07, 6.45) is 6.23. The van der Waals surface area contributed by atoms with Crippen LogP contribution in [-0.2, 0) is 19.1 Å². The predicted octanol–water partition coefficient (Wildman–Crippen LogP) is 2.07. The van der Waals surface area contributed by atoms with Gasteiger partial charge >= 0.3 is 12.0 Å². The Morgan fingerprint density at radius 3 is 2.38 bits per heavy atom. The molecule has 0 unspecified atom stereocenters. The third-order valence-corrected chi connectivity index (χ3v) is 6.23. The summed E-state index contributed by atoms with van der Waals surface area (Å²) in [5, 5.41) is 2.84. The van der Waals surface area contributed by atoms with Gasteiger partial charge in [-0.2, -0.15) is 0 Å². The van der Waals surface area contributed by atoms with E-state index in [0.29, 0.717) is 31.8 Å². The maximum Gasteiger partial charge on any atom is 0.326 e. The van der Waals surface area contributed by atoms with Gasteiger partial charge in [0.1, 0.15) is 12.1 Å². The molecule has 162 valence electrons. The van der Waals surface area contributed by atoms with Crippen molar-refractivity contribution in [3.63, 3.8) is 0 Å². The first kappa shape index (κ1) is 21.6. The van der Waals surface area contributed by atoms with E-state index >= 15 is 0 Å². The molecule has 29 heavy (non-hydrogen) atoms. The zero-order valence-electron chi connectivity index (χ0n) is 17.8. The van der Waals surface area contributed by atoms with E-state index in [9.17, 15) is 19.2 Å². The zero-order valence-corrected chi connectivity index (χ0v) is 17.8. The van der Waals surface area contributed by atoms with Gasteiger partial charge in [0.15, 0.2) is 6.61 Å². The SMILES string of the molecule is C[C@@H]1CC(C)(C)C[C@@]2(C1)NC(=O)N(CC(=O)OCC(=O)N1CCCCCC1)C2=O. The molecular formula is C21H33N3O5. The summed E-state index contributed by atoms with van der Waals surface area (Å²) in [5.41, 5.74) is -1.02. The normalized spacial score (nSPS) is 29.6. The quantitative estimate of drug-likeness (QED) is 0.568. The van der Waals surface area contributed by atoms with Gasteiger partial charge in [-0.3, -0.25) is 19.3 Å². The first-order valence-electron chi connectivity index (χ1n) is 10.7. The van der Waals surface area contributed by atoms with Crippen molar-refractivity contribution < 1.29 is 23.9 Å². The van der Waals surface area contributed by atoms with E-state index in [-0.39, 0.29) is 23.8 Å². The van der Waals surface area contributed by atoms with Crippen LogP contribution in [0.2, 0.25) is 0 Å². The molecule has 0 bridgehead atoms. The number of amides is 4. The molecule has 1 saturated carbocycles. The molecule has 3 rings (SSSR count). The Balaban J connectivity index is 1.55. The fraction of sp³-hybridized carbons (Fsp3) is 0.810. The summed E-state index contributed by atoms with van der Waals surface area (Å²) in [4.78, 5) is 52.6. The van der Waals surface area contributed by atoms with E-state index in [2.05, 4.69) is 26.1 Å². The third-order valence-electron chi connectivity index (χ3n) is 6.23. The van der Waals surface area contributed by atoms with Gasteiger partial charge in [-0.05, 0) is 43.4 Å². The Morgan fingerprint density at radius 1 is 1.10 bits per heavy atom. The van der Waals surface area contributed by atoms with Crippen molar-refractivity contribution >= 4 is 23.8 Å². The van der Waals surface area contributed by atoms with Gasteiger partial charge in [-0.15, -0.1) is 0 Å². The van der Waals surface area contributed by atoms with Crippen LogP contribution in [0.4, 0.5) is 4.79 Å². The van der Waals surface area contributed by atoms with Crippen LogP contribution < -0.4 is 5.32 Å². The smallest absolute Gasteiger partial charge is 0.326 e. The van der Waals surface area contributed by atoms with Crippen LogP contribution in [-0.4, -0.2) is 65.4 Å². The number of imide groups is 1. The Bertz CT molecular complexity index is 684. The average molecular weight is 408 g/mol. The standard InChI is InChI=1S/C21H33N3O5/c1-15-10-20(2,3)14-21(11-15)18(27)24(19(28)22-21)12-17(26)29-13-16(25)23-8-6-4-5-7-9-23/h15H,4-14H2,1-3H3,(H,22,28)/t15-,21-/m1/s1. The molecule has 1 spiro atoms. The second kappa shape index (κ2) is 8.32. The number of esters is 1. The Morgan fingerprint density at radius 2 is 1.76 bits per heavy atom. The summed E-state index contributed by atoms with van der Waals surface area (Å²) in [7, 11) is 0. The molecule has 3 aliphatic rings. The van der Waals surface area contributed by atoms with Crippen LogP contribution in [0.5, 0.6) is 0 Å². The lowest BCUT2D eigenvalue weighted by Crippen LogP contribution is -2.54. The van der Waals surface area contributed by atoms with Crippen molar-refractivity contribution in [3.8, 4) is 0 Å². The van der Waals surface area contributed by atoms with Crippen molar-refractivity contribution in [2.24, 2.45) is 11.3 Å². The molecule has 2 heterocycles. The van der Waals surface area contributed by atoms with Crippen molar-refractivity contribution in [3.05, 3.63) is 0 Å². The number of ether oxygens (including phenoxy) is 1. The first-order valence-corrected chi connectivity index (χ1v) is 10.7. The van der Waals surface area contributed by atoms with Gasteiger partial charge < -0.3 is 15.0 Å². The van der Waals surface area contributed by atoms with Gasteiger partial charge in [-0.25, -0.2) is 4.79 Å². The molecule has 0 radical (unpaired) electrons. The van der Waals surface area contributed by atoms with E-state index in [4.69, 9.17) is 4.74 Å². The molecule has 0 aromatic heterocycles. The molecule has 2 aliphatic heterocycles. The maximum absolute atomic E-state index is 13.0. The Hall–Kier alpha value is -2.12. The van der Waals surface area contributed by atoms with E-state index in [1.807, 2.05) is 0 Å². The highest BCUT2D eigenvalue weighted by Gasteiger charge is 2.56. The molecule has 1 aliphatic carbocycles. The molecule has 3 fully saturated rings. The van der Waals surface area contributed by atoms with Crippen LogP contribution in [0.15, 0.2) is 0 Å². The van der Waals surface area contributed by atoms with Gasteiger partial charge in [0.2, 0.25) is 0 Å². The Labute approximate surface area is 172 Å². The lowest BCUT2D eigenvalue weighted by atomic mass is 9.64. The number of hydrogen-bond acceptors (Lipinski definition) is 5. The van der Waals surface area contributed by atoms with Crippen LogP contribution in [0.1, 0.15) is 65.7 Å². The highest BCUT2D eigenvalue weighted by Crippen LogP contribution is 2.46. The van der Waals surface area contributed by atoms with Crippen LogP contribution in [0.3, 0.4) is 0 Å². The third kappa shape index (κ3) is 4.90. The number of carbonyl (C=O) groups excluding carboxylic acids is 4. The molecule has 2 atom stereocenters. The number of urea groups is 1. The number of nitrogens with one attached hydrogen (secondary N) is 1. The molecular weight excluding hydrogens is 374 g/mol. The highest BCUT2D eigenvalue weighted by molar-refractivity contribution is 6.08. The summed E-state index contributed by atoms with van der Waals surface area (Å²) < 4.78 is 5.09. The van der Waals surface area contributed by atoms with Crippen LogP contribution >= 0.6 is 0 Å². The summed E-state index contributed by atoms with van der Waals surface area (Å²) in [6.45, 7) is 6.81. The van der Waals surface area contributed by atoms with Crippen molar-refractivity contribution in [1.82, 2.24) is 15.1 Å². The monoisotopic (exact) mass is 407 g/mol.